The molecule has 5 aromatic rings. The van der Waals surface area contributed by atoms with Crippen LogP contribution in [0.25, 0.3) is 10.9 Å². The molecular weight excluding hydrogens is 596 g/mol. The van der Waals surface area contributed by atoms with Crippen molar-refractivity contribution in [3.05, 3.63) is 118 Å². The van der Waals surface area contributed by atoms with Crippen LogP contribution >= 0.6 is 11.6 Å². The van der Waals surface area contributed by atoms with Crippen LogP contribution in [0.5, 0.6) is 0 Å². The van der Waals surface area contributed by atoms with Crippen LogP contribution in [0.1, 0.15) is 23.6 Å². The van der Waals surface area contributed by atoms with Crippen molar-refractivity contribution in [1.29, 1.82) is 0 Å². The quantitative estimate of drug-likeness (QED) is 0.216. The Morgan fingerprint density at radius 2 is 1.61 bits per heavy atom. The molecule has 1 N–H and O–H groups in total. The average molecular weight is 627 g/mol. The van der Waals surface area contributed by atoms with E-state index in [9.17, 15) is 18.3 Å². The molecule has 1 aliphatic rings. The minimum Gasteiger partial charge on any atom is -0.381 e. The molecule has 2 atom stereocenters. The Hall–Kier alpha value is -3.77. The Morgan fingerprint density at radius 3 is 2.30 bits per heavy atom. The first kappa shape index (κ1) is 30.3. The molecule has 44 heavy (non-hydrogen) atoms. The summed E-state index contributed by atoms with van der Waals surface area (Å²) in [5.74, 6) is -2.78. The smallest absolute Gasteiger partial charge is 0.137 e. The number of hydrogen-bond acceptors (Lipinski definition) is 5. The molecule has 0 radical (unpaired) electrons. The molecule has 3 heterocycles. The molecule has 0 aliphatic carbocycles. The minimum absolute atomic E-state index is 0.00612. The molecule has 12 heteroatoms. The monoisotopic (exact) mass is 626 g/mol. The van der Waals surface area contributed by atoms with Gasteiger partial charge in [-0.15, -0.1) is 0 Å². The van der Waals surface area contributed by atoms with Gasteiger partial charge in [-0.1, -0.05) is 29.8 Å². The van der Waals surface area contributed by atoms with Gasteiger partial charge in [0.2, 0.25) is 0 Å². The highest BCUT2D eigenvalue weighted by Gasteiger charge is 2.42. The Kier molecular flexibility index (Phi) is 8.47. The van der Waals surface area contributed by atoms with E-state index in [-0.39, 0.29) is 18.7 Å². The molecule has 7 nitrogen and oxygen atoms in total. The second-order valence-electron chi connectivity index (χ2n) is 11.3. The van der Waals surface area contributed by atoms with E-state index >= 15 is 4.39 Å². The van der Waals surface area contributed by atoms with Crippen molar-refractivity contribution < 1.29 is 22.7 Å². The second kappa shape index (κ2) is 12.3. The first-order chi connectivity index (χ1) is 21.1. The second-order valence-corrected chi connectivity index (χ2v) is 11.7. The number of hydrogen-bond donors (Lipinski definition) is 1. The molecule has 0 amide bonds. The van der Waals surface area contributed by atoms with E-state index in [1.165, 1.54) is 35.5 Å². The lowest BCUT2D eigenvalue weighted by Gasteiger charge is -2.45. The lowest BCUT2D eigenvalue weighted by molar-refractivity contribution is -0.0743. The number of piperazine rings is 1. The SMILES string of the molecule is C[C@@H](N1CCN(Cc2cn(Cc3ccc(F)cc3F)c3cc(Cl)ccc23)CC1)[C@](O)(Cn1cncn1)c1ccc(F)cc1F. The van der Waals surface area contributed by atoms with Gasteiger partial charge in [0, 0.05) is 78.6 Å². The number of aromatic nitrogens is 4. The van der Waals surface area contributed by atoms with Crippen LogP contribution in [0.3, 0.4) is 0 Å². The Labute approximate surface area is 256 Å². The summed E-state index contributed by atoms with van der Waals surface area (Å²) in [7, 11) is 0. The number of rotatable bonds is 9. The van der Waals surface area contributed by atoms with E-state index < -0.39 is 34.9 Å². The summed E-state index contributed by atoms with van der Waals surface area (Å²) in [5.41, 5.74) is 0.539. The van der Waals surface area contributed by atoms with Gasteiger partial charge in [0.15, 0.2) is 0 Å². The Morgan fingerprint density at radius 1 is 0.886 bits per heavy atom. The molecule has 230 valence electrons. The molecule has 0 spiro atoms. The highest BCUT2D eigenvalue weighted by molar-refractivity contribution is 6.31. The maximum absolute atomic E-state index is 15.0. The molecular formula is C32H31ClF4N6O. The van der Waals surface area contributed by atoms with Crippen molar-refractivity contribution in [2.45, 2.75) is 38.2 Å². The third-order valence-electron chi connectivity index (χ3n) is 8.59. The highest BCUT2D eigenvalue weighted by atomic mass is 35.5. The van der Waals surface area contributed by atoms with Gasteiger partial charge >= 0.3 is 0 Å². The van der Waals surface area contributed by atoms with E-state index in [2.05, 4.69) is 19.9 Å². The average Bonchev–Trinajstić information content (AvgIpc) is 3.62. The molecule has 1 saturated heterocycles. The van der Waals surface area contributed by atoms with Crippen LogP contribution in [0.15, 0.2) is 73.4 Å². The van der Waals surface area contributed by atoms with E-state index in [0.29, 0.717) is 43.3 Å². The van der Waals surface area contributed by atoms with Gasteiger partial charge < -0.3 is 9.67 Å². The maximum Gasteiger partial charge on any atom is 0.137 e. The van der Waals surface area contributed by atoms with Crippen LogP contribution in [0, 0.1) is 23.3 Å². The first-order valence-electron chi connectivity index (χ1n) is 14.3. The fraction of sp³-hybridized carbons (Fsp3) is 0.312. The van der Waals surface area contributed by atoms with Crippen LogP contribution < -0.4 is 0 Å². The van der Waals surface area contributed by atoms with Gasteiger partial charge in [0.05, 0.1) is 18.6 Å². The van der Waals surface area contributed by atoms with Crippen LogP contribution in [-0.2, 0) is 25.2 Å². The predicted molar refractivity (Wildman–Crippen MR) is 159 cm³/mol. The fourth-order valence-electron chi connectivity index (χ4n) is 6.13. The van der Waals surface area contributed by atoms with Gasteiger partial charge in [-0.3, -0.25) is 9.80 Å². The maximum atomic E-state index is 15.0. The summed E-state index contributed by atoms with van der Waals surface area (Å²) in [5, 5.41) is 17.6. The minimum atomic E-state index is -1.71. The van der Waals surface area contributed by atoms with Crippen LogP contribution in [-0.4, -0.2) is 66.5 Å². The van der Waals surface area contributed by atoms with Crippen molar-refractivity contribution in [2.75, 3.05) is 26.2 Å². The van der Waals surface area contributed by atoms with E-state index in [0.717, 1.165) is 34.7 Å². The lowest BCUT2D eigenvalue weighted by atomic mass is 9.85. The van der Waals surface area contributed by atoms with E-state index in [1.54, 1.807) is 0 Å². The van der Waals surface area contributed by atoms with E-state index in [4.69, 9.17) is 11.6 Å². The van der Waals surface area contributed by atoms with Crippen LogP contribution in [0.2, 0.25) is 5.02 Å². The summed E-state index contributed by atoms with van der Waals surface area (Å²) in [4.78, 5) is 8.32. The molecule has 1 fully saturated rings. The number of fused-ring (bicyclic) bond motifs is 1. The van der Waals surface area contributed by atoms with Gasteiger partial charge in [-0.25, -0.2) is 27.2 Å². The molecule has 2 aromatic heterocycles. The molecule has 0 saturated carbocycles. The van der Waals surface area contributed by atoms with Gasteiger partial charge in [0.1, 0.15) is 41.5 Å². The Bertz CT molecular complexity index is 1770. The summed E-state index contributed by atoms with van der Waals surface area (Å²) < 4.78 is 60.1. The summed E-state index contributed by atoms with van der Waals surface area (Å²) >= 11 is 6.31. The zero-order chi connectivity index (χ0) is 31.0. The zero-order valence-electron chi connectivity index (χ0n) is 24.0. The Balaban J connectivity index is 1.20. The summed E-state index contributed by atoms with van der Waals surface area (Å²) in [6.45, 7) is 5.14. The zero-order valence-corrected chi connectivity index (χ0v) is 24.7. The summed E-state index contributed by atoms with van der Waals surface area (Å²) in [6.07, 6.45) is 4.77. The number of benzene rings is 3. The van der Waals surface area contributed by atoms with Crippen molar-refractivity contribution >= 4 is 22.5 Å². The number of halogens is 5. The third-order valence-corrected chi connectivity index (χ3v) is 8.82. The molecule has 0 bridgehead atoms. The van der Waals surface area contributed by atoms with Crippen molar-refractivity contribution in [2.24, 2.45) is 0 Å². The van der Waals surface area contributed by atoms with Gasteiger partial charge in [0.25, 0.3) is 0 Å². The molecule has 6 rings (SSSR count). The third kappa shape index (κ3) is 6.10. The van der Waals surface area contributed by atoms with E-state index in [1.807, 2.05) is 35.9 Å². The standard InChI is InChI=1S/C32H31ClF4N6O/c1-21(32(44,18-43-20-38-19-39-43)28-7-5-26(35)14-30(28)37)41-10-8-40(9-11-41)15-23-17-42(31-12-24(33)3-6-27(23)31)16-22-2-4-25(34)13-29(22)36/h2-7,12-14,17,19-21,44H,8-11,15-16,18H2,1H3/t21-,32-/m1/s1. The van der Waals surface area contributed by atoms with Crippen LogP contribution in [0.4, 0.5) is 17.6 Å². The largest absolute Gasteiger partial charge is 0.381 e. The number of aliphatic hydroxyl groups is 1. The van der Waals surface area contributed by atoms with Gasteiger partial charge in [-0.2, -0.15) is 5.10 Å². The molecule has 0 unspecified atom stereocenters. The predicted octanol–water partition coefficient (Wildman–Crippen LogP) is 5.59. The normalized spacial score (nSPS) is 16.8. The topological polar surface area (TPSA) is 62.4 Å². The first-order valence-corrected chi connectivity index (χ1v) is 14.7. The van der Waals surface area contributed by atoms with Crippen molar-refractivity contribution in [3.63, 3.8) is 0 Å². The molecule has 3 aromatic carbocycles. The van der Waals surface area contributed by atoms with Crippen molar-refractivity contribution in [1.82, 2.24) is 29.1 Å². The van der Waals surface area contributed by atoms with Gasteiger partial charge in [-0.05, 0) is 36.8 Å². The highest BCUT2D eigenvalue weighted by Crippen LogP contribution is 2.34. The number of nitrogens with zero attached hydrogens (tertiary/aromatic N) is 6. The fourth-order valence-corrected chi connectivity index (χ4v) is 6.29. The summed E-state index contributed by atoms with van der Waals surface area (Å²) in [6, 6.07) is 11.9. The van der Waals surface area contributed by atoms with Crippen molar-refractivity contribution in [3.8, 4) is 0 Å². The molecule has 1 aliphatic heterocycles. The lowest BCUT2D eigenvalue weighted by Crippen LogP contribution is -2.57.